The van der Waals surface area contributed by atoms with Crippen LogP contribution in [0.1, 0.15) is 110 Å². The van der Waals surface area contributed by atoms with E-state index >= 15 is 0 Å². The van der Waals surface area contributed by atoms with Gasteiger partial charge in [0, 0.05) is 0 Å². The first-order valence-corrected chi connectivity index (χ1v) is 10.5. The van der Waals surface area contributed by atoms with E-state index in [1.807, 2.05) is 0 Å². The van der Waals surface area contributed by atoms with E-state index in [2.05, 4.69) is 29.5 Å². The quantitative estimate of drug-likeness (QED) is 0.112. The summed E-state index contributed by atoms with van der Waals surface area (Å²) in [6, 6.07) is 0. The molecule has 0 aliphatic carbocycles. The SMILES string of the molecule is CCCCCCCCCCCCCCCCCCI.I. The van der Waals surface area contributed by atoms with Crippen molar-refractivity contribution in [3.05, 3.63) is 0 Å². The fourth-order valence-corrected chi connectivity index (χ4v) is 3.18. The van der Waals surface area contributed by atoms with Gasteiger partial charge in [0.15, 0.2) is 0 Å². The predicted molar refractivity (Wildman–Crippen MR) is 114 cm³/mol. The highest BCUT2D eigenvalue weighted by Gasteiger charge is 1.94. The highest BCUT2D eigenvalue weighted by atomic mass is 127. The third-order valence-electron chi connectivity index (χ3n) is 3.99. The predicted octanol–water partition coefficient (Wildman–Crippen LogP) is 8.30. The van der Waals surface area contributed by atoms with Gasteiger partial charge in [0.05, 0.1) is 0 Å². The lowest BCUT2D eigenvalue weighted by atomic mass is 10.0. The summed E-state index contributed by atoms with van der Waals surface area (Å²) in [5.74, 6) is 0. The lowest BCUT2D eigenvalue weighted by Crippen LogP contribution is -1.83. The van der Waals surface area contributed by atoms with Crippen LogP contribution in [0.5, 0.6) is 0 Å². The van der Waals surface area contributed by atoms with Crippen LogP contribution in [0.25, 0.3) is 0 Å². The highest BCUT2D eigenvalue weighted by molar-refractivity contribution is 14.1. The number of hydrogen-bond acceptors (Lipinski definition) is 0. The monoisotopic (exact) mass is 508 g/mol. The van der Waals surface area contributed by atoms with Gasteiger partial charge in [0.2, 0.25) is 0 Å². The van der Waals surface area contributed by atoms with Gasteiger partial charge in [-0.15, -0.1) is 24.0 Å². The third kappa shape index (κ3) is 21.8. The van der Waals surface area contributed by atoms with Gasteiger partial charge >= 0.3 is 0 Å². The molecule has 0 aromatic carbocycles. The molecule has 0 fully saturated rings. The molecule has 0 nitrogen and oxygen atoms in total. The molecule has 0 saturated heterocycles. The second-order valence-electron chi connectivity index (χ2n) is 5.99. The molecule has 0 bridgehead atoms. The highest BCUT2D eigenvalue weighted by Crippen LogP contribution is 2.13. The van der Waals surface area contributed by atoms with Gasteiger partial charge in [0.25, 0.3) is 0 Å². The number of hydrogen-bond donors (Lipinski definition) is 0. The molecule has 0 rings (SSSR count). The van der Waals surface area contributed by atoms with Gasteiger partial charge in [-0.3, -0.25) is 0 Å². The number of rotatable bonds is 16. The minimum absolute atomic E-state index is 0. The second-order valence-corrected chi connectivity index (χ2v) is 7.07. The van der Waals surface area contributed by atoms with Gasteiger partial charge in [-0.1, -0.05) is 126 Å². The molecule has 2 heteroatoms. The summed E-state index contributed by atoms with van der Waals surface area (Å²) in [4.78, 5) is 0. The summed E-state index contributed by atoms with van der Waals surface area (Å²) in [5, 5.41) is 0. The first kappa shape index (κ1) is 23.7. The van der Waals surface area contributed by atoms with Crippen LogP contribution in [0.15, 0.2) is 0 Å². The molecule has 0 radical (unpaired) electrons. The molecular weight excluding hydrogens is 470 g/mol. The van der Waals surface area contributed by atoms with E-state index in [-0.39, 0.29) is 24.0 Å². The van der Waals surface area contributed by atoms with Gasteiger partial charge in [-0.2, -0.15) is 0 Å². The molecule has 0 aliphatic heterocycles. The van der Waals surface area contributed by atoms with Crippen LogP contribution in [0, 0.1) is 0 Å². The molecule has 0 unspecified atom stereocenters. The topological polar surface area (TPSA) is 0 Å². The normalized spacial score (nSPS) is 10.5. The summed E-state index contributed by atoms with van der Waals surface area (Å²) in [7, 11) is 0. The maximum absolute atomic E-state index is 2.49. The first-order chi connectivity index (χ1) is 9.41. The molecule has 0 aliphatic rings. The van der Waals surface area contributed by atoms with Crippen molar-refractivity contribution in [3.8, 4) is 0 Å². The zero-order valence-corrected chi connectivity index (χ0v) is 18.3. The molecule has 0 spiro atoms. The van der Waals surface area contributed by atoms with Crippen LogP contribution in [0.2, 0.25) is 0 Å². The van der Waals surface area contributed by atoms with E-state index in [1.165, 1.54) is 107 Å². The van der Waals surface area contributed by atoms with E-state index in [9.17, 15) is 0 Å². The van der Waals surface area contributed by atoms with Crippen LogP contribution < -0.4 is 0 Å². The minimum Gasteiger partial charge on any atom is -0.107 e. The lowest BCUT2D eigenvalue weighted by Gasteiger charge is -2.03. The average Bonchev–Trinajstić information content (AvgIpc) is 2.43. The Morgan fingerprint density at radius 2 is 0.700 bits per heavy atom. The molecule has 0 aromatic heterocycles. The zero-order valence-electron chi connectivity index (χ0n) is 13.8. The summed E-state index contributed by atoms with van der Waals surface area (Å²) >= 11 is 2.49. The van der Waals surface area contributed by atoms with E-state index in [4.69, 9.17) is 0 Å². The first-order valence-electron chi connectivity index (χ1n) is 8.97. The van der Waals surface area contributed by atoms with Gasteiger partial charge in [-0.25, -0.2) is 0 Å². The number of alkyl halides is 1. The van der Waals surface area contributed by atoms with Crippen molar-refractivity contribution >= 4 is 46.6 Å². The molecule has 0 aromatic rings. The molecule has 0 heterocycles. The number of halogens is 2. The third-order valence-corrected chi connectivity index (χ3v) is 4.75. The van der Waals surface area contributed by atoms with Gasteiger partial charge in [0.1, 0.15) is 0 Å². The van der Waals surface area contributed by atoms with E-state index < -0.39 is 0 Å². The van der Waals surface area contributed by atoms with Crippen LogP contribution >= 0.6 is 46.6 Å². The average molecular weight is 508 g/mol. The van der Waals surface area contributed by atoms with Crippen molar-refractivity contribution < 1.29 is 0 Å². The van der Waals surface area contributed by atoms with Crippen molar-refractivity contribution in [2.45, 2.75) is 110 Å². The largest absolute Gasteiger partial charge is 0.107 e. The summed E-state index contributed by atoms with van der Waals surface area (Å²) in [6.45, 7) is 2.30. The van der Waals surface area contributed by atoms with Gasteiger partial charge < -0.3 is 0 Å². The Kier molecular flexibility index (Phi) is 27.0. The fourth-order valence-electron chi connectivity index (χ4n) is 2.64. The Morgan fingerprint density at radius 3 is 0.950 bits per heavy atom. The molecule has 0 N–H and O–H groups in total. The maximum Gasteiger partial charge on any atom is -0.000473 e. The Hall–Kier alpha value is 1.46. The van der Waals surface area contributed by atoms with E-state index in [0.717, 1.165) is 0 Å². The van der Waals surface area contributed by atoms with Crippen LogP contribution in [-0.4, -0.2) is 4.43 Å². The van der Waals surface area contributed by atoms with Crippen molar-refractivity contribution in [2.24, 2.45) is 0 Å². The maximum atomic E-state index is 2.49. The summed E-state index contributed by atoms with van der Waals surface area (Å²) < 4.78 is 1.34. The summed E-state index contributed by atoms with van der Waals surface area (Å²) in [5.41, 5.74) is 0. The Morgan fingerprint density at radius 1 is 0.450 bits per heavy atom. The standard InChI is InChI=1S/C18H37I.HI/c1-2-3-4-5-6-7-8-9-10-11-12-13-14-15-16-17-18-19;/h2-18H2,1H3;1H. The van der Waals surface area contributed by atoms with Crippen LogP contribution in [-0.2, 0) is 0 Å². The molecule has 124 valence electrons. The van der Waals surface area contributed by atoms with E-state index in [0.29, 0.717) is 0 Å². The Bertz CT molecular complexity index is 132. The van der Waals surface area contributed by atoms with Crippen molar-refractivity contribution in [1.29, 1.82) is 0 Å². The van der Waals surface area contributed by atoms with Gasteiger partial charge in [-0.05, 0) is 10.8 Å². The van der Waals surface area contributed by atoms with Crippen molar-refractivity contribution in [1.82, 2.24) is 0 Å². The smallest absolute Gasteiger partial charge is 0.000473 e. The van der Waals surface area contributed by atoms with Crippen LogP contribution in [0.3, 0.4) is 0 Å². The second kappa shape index (κ2) is 22.7. The molecule has 0 amide bonds. The van der Waals surface area contributed by atoms with E-state index in [1.54, 1.807) is 0 Å². The molecule has 20 heavy (non-hydrogen) atoms. The van der Waals surface area contributed by atoms with Crippen molar-refractivity contribution in [2.75, 3.05) is 4.43 Å². The Balaban J connectivity index is 0. The molecule has 0 atom stereocenters. The zero-order chi connectivity index (χ0) is 14.0. The van der Waals surface area contributed by atoms with Crippen molar-refractivity contribution in [3.63, 3.8) is 0 Å². The summed E-state index contributed by atoms with van der Waals surface area (Å²) in [6.07, 6.45) is 23.5. The lowest BCUT2D eigenvalue weighted by molar-refractivity contribution is 0.532. The molecular formula is C18H38I2. The minimum atomic E-state index is 0. The Labute approximate surface area is 159 Å². The molecule has 0 saturated carbocycles. The fraction of sp³-hybridized carbons (Fsp3) is 1.00. The van der Waals surface area contributed by atoms with Crippen LogP contribution in [0.4, 0.5) is 0 Å². The number of unbranched alkanes of at least 4 members (excludes halogenated alkanes) is 15.